The molecule has 1 atom stereocenters. The van der Waals surface area contributed by atoms with Crippen LogP contribution in [0.25, 0.3) is 0 Å². The lowest BCUT2D eigenvalue weighted by Crippen LogP contribution is -2.22. The predicted molar refractivity (Wildman–Crippen MR) is 56.6 cm³/mol. The standard InChI is InChI=1S/C10H14ClNO2/c1-7(12-4-5-13)9-6-8(11)2-3-10(9)14/h2-3,6-7,12-14H,4-5H2,1H3. The number of hydrogen-bond acceptors (Lipinski definition) is 3. The van der Waals surface area contributed by atoms with Crippen LogP contribution in [0.3, 0.4) is 0 Å². The fourth-order valence-corrected chi connectivity index (χ4v) is 1.44. The van der Waals surface area contributed by atoms with Crippen LogP contribution in [-0.4, -0.2) is 23.4 Å². The zero-order chi connectivity index (χ0) is 10.6. The van der Waals surface area contributed by atoms with E-state index in [2.05, 4.69) is 5.32 Å². The van der Waals surface area contributed by atoms with Crippen molar-refractivity contribution in [2.75, 3.05) is 13.2 Å². The average Bonchev–Trinajstić information content (AvgIpc) is 2.18. The number of phenols is 1. The third-order valence-electron chi connectivity index (χ3n) is 2.02. The van der Waals surface area contributed by atoms with E-state index in [0.29, 0.717) is 11.6 Å². The lowest BCUT2D eigenvalue weighted by atomic mass is 10.1. The van der Waals surface area contributed by atoms with Gasteiger partial charge in [-0.1, -0.05) is 11.6 Å². The Hall–Kier alpha value is -0.770. The molecule has 1 aromatic carbocycles. The van der Waals surface area contributed by atoms with E-state index < -0.39 is 0 Å². The Morgan fingerprint density at radius 1 is 1.50 bits per heavy atom. The van der Waals surface area contributed by atoms with Crippen LogP contribution in [-0.2, 0) is 0 Å². The largest absolute Gasteiger partial charge is 0.508 e. The van der Waals surface area contributed by atoms with E-state index in [0.717, 1.165) is 5.56 Å². The lowest BCUT2D eigenvalue weighted by molar-refractivity contribution is 0.285. The van der Waals surface area contributed by atoms with E-state index >= 15 is 0 Å². The highest BCUT2D eigenvalue weighted by atomic mass is 35.5. The van der Waals surface area contributed by atoms with Gasteiger partial charge in [0.05, 0.1) is 6.61 Å². The van der Waals surface area contributed by atoms with Crippen LogP contribution in [0.15, 0.2) is 18.2 Å². The summed E-state index contributed by atoms with van der Waals surface area (Å²) in [6.07, 6.45) is 0. The second-order valence-corrected chi connectivity index (χ2v) is 3.54. The Bertz CT molecular complexity index is 304. The number of rotatable bonds is 4. The first-order chi connectivity index (χ1) is 6.65. The number of nitrogens with one attached hydrogen (secondary N) is 1. The highest BCUT2D eigenvalue weighted by Gasteiger charge is 2.09. The van der Waals surface area contributed by atoms with Gasteiger partial charge in [-0.25, -0.2) is 0 Å². The van der Waals surface area contributed by atoms with Crippen LogP contribution in [0.1, 0.15) is 18.5 Å². The minimum absolute atomic E-state index is 0.0270. The number of aliphatic hydroxyl groups is 1. The summed E-state index contributed by atoms with van der Waals surface area (Å²) in [7, 11) is 0. The third-order valence-corrected chi connectivity index (χ3v) is 2.25. The van der Waals surface area contributed by atoms with Crippen LogP contribution >= 0.6 is 11.6 Å². The Morgan fingerprint density at radius 2 is 2.21 bits per heavy atom. The summed E-state index contributed by atoms with van der Waals surface area (Å²) in [5.74, 6) is 0.215. The topological polar surface area (TPSA) is 52.5 Å². The second-order valence-electron chi connectivity index (χ2n) is 3.10. The maximum atomic E-state index is 9.54. The monoisotopic (exact) mass is 215 g/mol. The molecular formula is C10H14ClNO2. The number of aliphatic hydroxyl groups excluding tert-OH is 1. The number of aromatic hydroxyl groups is 1. The highest BCUT2D eigenvalue weighted by molar-refractivity contribution is 6.30. The number of phenolic OH excluding ortho intramolecular Hbond substituents is 1. The zero-order valence-electron chi connectivity index (χ0n) is 8.00. The Labute approximate surface area is 88.3 Å². The summed E-state index contributed by atoms with van der Waals surface area (Å²) >= 11 is 5.81. The summed E-state index contributed by atoms with van der Waals surface area (Å²) in [4.78, 5) is 0. The molecule has 0 fully saturated rings. The fraction of sp³-hybridized carbons (Fsp3) is 0.400. The maximum absolute atomic E-state index is 9.54. The minimum atomic E-state index is -0.0270. The Kier molecular flexibility index (Phi) is 4.20. The molecule has 0 radical (unpaired) electrons. The van der Waals surface area contributed by atoms with E-state index in [1.54, 1.807) is 18.2 Å². The molecule has 3 N–H and O–H groups in total. The van der Waals surface area contributed by atoms with Gasteiger partial charge < -0.3 is 15.5 Å². The summed E-state index contributed by atoms with van der Waals surface area (Å²) in [5, 5.41) is 21.8. The molecule has 0 saturated carbocycles. The van der Waals surface area contributed by atoms with Crippen molar-refractivity contribution in [3.8, 4) is 5.75 Å². The van der Waals surface area contributed by atoms with Crippen LogP contribution < -0.4 is 5.32 Å². The first kappa shape index (κ1) is 11.3. The van der Waals surface area contributed by atoms with Crippen molar-refractivity contribution in [3.05, 3.63) is 28.8 Å². The Balaban J connectivity index is 2.77. The van der Waals surface area contributed by atoms with E-state index in [9.17, 15) is 5.11 Å². The van der Waals surface area contributed by atoms with Crippen LogP contribution in [0, 0.1) is 0 Å². The maximum Gasteiger partial charge on any atom is 0.120 e. The normalized spacial score (nSPS) is 12.8. The summed E-state index contributed by atoms with van der Waals surface area (Å²) in [5.41, 5.74) is 0.742. The molecule has 4 heteroatoms. The molecule has 0 bridgehead atoms. The lowest BCUT2D eigenvalue weighted by Gasteiger charge is -2.14. The van der Waals surface area contributed by atoms with E-state index in [4.69, 9.17) is 16.7 Å². The van der Waals surface area contributed by atoms with E-state index in [1.165, 1.54) is 0 Å². The van der Waals surface area contributed by atoms with Gasteiger partial charge in [-0.3, -0.25) is 0 Å². The van der Waals surface area contributed by atoms with Crippen LogP contribution in [0.4, 0.5) is 0 Å². The van der Waals surface area contributed by atoms with Crippen molar-refractivity contribution in [2.45, 2.75) is 13.0 Å². The number of halogens is 1. The predicted octanol–water partition coefficient (Wildman–Crippen LogP) is 1.69. The van der Waals surface area contributed by atoms with Gasteiger partial charge in [-0.2, -0.15) is 0 Å². The van der Waals surface area contributed by atoms with Gasteiger partial charge in [-0.05, 0) is 25.1 Å². The summed E-state index contributed by atoms with van der Waals surface area (Å²) in [6.45, 7) is 2.47. The molecule has 0 aromatic heterocycles. The first-order valence-electron chi connectivity index (χ1n) is 4.48. The van der Waals surface area contributed by atoms with Gasteiger partial charge in [0.1, 0.15) is 5.75 Å². The van der Waals surface area contributed by atoms with Gasteiger partial charge in [0.2, 0.25) is 0 Å². The molecule has 1 unspecified atom stereocenters. The van der Waals surface area contributed by atoms with Gasteiger partial charge in [0.25, 0.3) is 0 Å². The molecule has 14 heavy (non-hydrogen) atoms. The van der Waals surface area contributed by atoms with Crippen molar-refractivity contribution in [3.63, 3.8) is 0 Å². The molecule has 0 aliphatic rings. The van der Waals surface area contributed by atoms with Gasteiger partial charge >= 0.3 is 0 Å². The van der Waals surface area contributed by atoms with Crippen LogP contribution in [0.2, 0.25) is 5.02 Å². The van der Waals surface area contributed by atoms with Gasteiger partial charge in [0, 0.05) is 23.2 Å². The molecule has 0 spiro atoms. The molecule has 3 nitrogen and oxygen atoms in total. The molecule has 0 aliphatic carbocycles. The molecule has 1 aromatic rings. The van der Waals surface area contributed by atoms with Crippen molar-refractivity contribution in [2.24, 2.45) is 0 Å². The second kappa shape index (κ2) is 5.20. The van der Waals surface area contributed by atoms with Crippen molar-refractivity contribution in [1.82, 2.24) is 5.32 Å². The smallest absolute Gasteiger partial charge is 0.120 e. The average molecular weight is 216 g/mol. The van der Waals surface area contributed by atoms with E-state index in [1.807, 2.05) is 6.92 Å². The number of benzene rings is 1. The van der Waals surface area contributed by atoms with E-state index in [-0.39, 0.29) is 18.4 Å². The molecule has 1 rings (SSSR count). The summed E-state index contributed by atoms with van der Waals surface area (Å²) in [6, 6.07) is 4.89. The SMILES string of the molecule is CC(NCCO)c1cc(Cl)ccc1O. The molecule has 0 heterocycles. The van der Waals surface area contributed by atoms with Crippen molar-refractivity contribution in [1.29, 1.82) is 0 Å². The van der Waals surface area contributed by atoms with Gasteiger partial charge in [0.15, 0.2) is 0 Å². The molecule has 0 amide bonds. The summed E-state index contributed by atoms with van der Waals surface area (Å²) < 4.78 is 0. The molecule has 78 valence electrons. The van der Waals surface area contributed by atoms with Crippen molar-refractivity contribution >= 4 is 11.6 Å². The van der Waals surface area contributed by atoms with Gasteiger partial charge in [-0.15, -0.1) is 0 Å². The van der Waals surface area contributed by atoms with Crippen LogP contribution in [0.5, 0.6) is 5.75 Å². The molecule has 0 saturated heterocycles. The molecule has 0 aliphatic heterocycles. The first-order valence-corrected chi connectivity index (χ1v) is 4.85. The zero-order valence-corrected chi connectivity index (χ0v) is 8.75. The Morgan fingerprint density at radius 3 is 2.86 bits per heavy atom. The fourth-order valence-electron chi connectivity index (χ4n) is 1.26. The molecular weight excluding hydrogens is 202 g/mol. The van der Waals surface area contributed by atoms with Crippen molar-refractivity contribution < 1.29 is 10.2 Å². The minimum Gasteiger partial charge on any atom is -0.508 e. The highest BCUT2D eigenvalue weighted by Crippen LogP contribution is 2.26. The quantitative estimate of drug-likeness (QED) is 0.717. The third kappa shape index (κ3) is 2.87. The number of hydrogen-bond donors (Lipinski definition) is 3.